The molecule has 1 unspecified atom stereocenters. The van der Waals surface area contributed by atoms with E-state index in [0.717, 1.165) is 44.6 Å². The molecule has 0 aromatic heterocycles. The Labute approximate surface area is 114 Å². The third kappa shape index (κ3) is 4.04. The highest BCUT2D eigenvalue weighted by atomic mass is 16.5. The smallest absolute Gasteiger partial charge is 0.335 e. The number of nitrogens with zero attached hydrogens (tertiary/aromatic N) is 1. The maximum absolute atomic E-state index is 10.8. The normalized spacial score (nSPS) is 20.4. The second-order valence-electron chi connectivity index (χ2n) is 4.96. The van der Waals surface area contributed by atoms with E-state index in [1.165, 1.54) is 0 Å². The monoisotopic (exact) mass is 263 g/mol. The van der Waals surface area contributed by atoms with Crippen molar-refractivity contribution < 1.29 is 14.6 Å². The van der Waals surface area contributed by atoms with Crippen LogP contribution in [0.25, 0.3) is 0 Å². The summed E-state index contributed by atoms with van der Waals surface area (Å²) in [7, 11) is 0. The Morgan fingerprint density at radius 2 is 2.16 bits per heavy atom. The maximum Gasteiger partial charge on any atom is 0.335 e. The molecular weight excluding hydrogens is 242 g/mol. The van der Waals surface area contributed by atoms with Crippen LogP contribution in [0.15, 0.2) is 24.3 Å². The molecule has 19 heavy (non-hydrogen) atoms. The van der Waals surface area contributed by atoms with Crippen LogP contribution in [0.5, 0.6) is 0 Å². The molecule has 2 rings (SSSR count). The number of likely N-dealkylation sites (tertiary alicyclic amines) is 1. The first-order valence-electron chi connectivity index (χ1n) is 6.85. The summed E-state index contributed by atoms with van der Waals surface area (Å²) in [5.41, 5.74) is 1.50. The fourth-order valence-electron chi connectivity index (χ4n) is 2.54. The van der Waals surface area contributed by atoms with E-state index in [9.17, 15) is 4.79 Å². The lowest BCUT2D eigenvalue weighted by molar-refractivity contribution is 0.00363. The predicted molar refractivity (Wildman–Crippen MR) is 73.3 cm³/mol. The van der Waals surface area contributed by atoms with Crippen LogP contribution in [0.2, 0.25) is 0 Å². The average Bonchev–Trinajstić information content (AvgIpc) is 2.40. The van der Waals surface area contributed by atoms with Gasteiger partial charge in [-0.2, -0.15) is 0 Å². The molecule has 1 heterocycles. The second kappa shape index (κ2) is 6.68. The second-order valence-corrected chi connectivity index (χ2v) is 4.96. The number of rotatable bonds is 5. The van der Waals surface area contributed by atoms with E-state index in [-0.39, 0.29) is 0 Å². The van der Waals surface area contributed by atoms with Crippen LogP contribution in [0, 0.1) is 0 Å². The van der Waals surface area contributed by atoms with E-state index in [1.54, 1.807) is 12.1 Å². The van der Waals surface area contributed by atoms with Crippen molar-refractivity contribution in [2.45, 2.75) is 32.4 Å². The molecule has 0 bridgehead atoms. The summed E-state index contributed by atoms with van der Waals surface area (Å²) in [5.74, 6) is -0.874. The van der Waals surface area contributed by atoms with Gasteiger partial charge < -0.3 is 9.84 Å². The topological polar surface area (TPSA) is 49.8 Å². The van der Waals surface area contributed by atoms with Crippen LogP contribution in [0.1, 0.15) is 35.7 Å². The molecule has 4 heteroatoms. The van der Waals surface area contributed by atoms with Gasteiger partial charge in [-0.1, -0.05) is 12.1 Å². The first-order chi connectivity index (χ1) is 9.19. The summed E-state index contributed by atoms with van der Waals surface area (Å²) in [6.45, 7) is 5.72. The molecule has 1 aliphatic rings. The number of carboxylic acids is 1. The number of ether oxygens (including phenoxy) is 1. The summed E-state index contributed by atoms with van der Waals surface area (Å²) in [6, 6.07) is 7.13. The molecule has 104 valence electrons. The summed E-state index contributed by atoms with van der Waals surface area (Å²) in [4.78, 5) is 13.2. The summed E-state index contributed by atoms with van der Waals surface area (Å²) < 4.78 is 5.68. The molecule has 1 aromatic carbocycles. The van der Waals surface area contributed by atoms with E-state index < -0.39 is 5.97 Å². The highest BCUT2D eigenvalue weighted by Crippen LogP contribution is 2.16. The highest BCUT2D eigenvalue weighted by molar-refractivity contribution is 5.87. The molecule has 0 saturated carbocycles. The number of aromatic carboxylic acids is 1. The van der Waals surface area contributed by atoms with Crippen molar-refractivity contribution in [3.63, 3.8) is 0 Å². The lowest BCUT2D eigenvalue weighted by Gasteiger charge is -2.32. The zero-order chi connectivity index (χ0) is 13.7. The molecule has 0 amide bonds. The van der Waals surface area contributed by atoms with Crippen LogP contribution in [-0.2, 0) is 11.3 Å². The maximum atomic E-state index is 10.8. The number of piperidine rings is 1. The van der Waals surface area contributed by atoms with Gasteiger partial charge in [-0.05, 0) is 44.0 Å². The van der Waals surface area contributed by atoms with Crippen molar-refractivity contribution in [1.82, 2.24) is 4.90 Å². The quantitative estimate of drug-likeness (QED) is 0.886. The van der Waals surface area contributed by atoms with Gasteiger partial charge in [0.1, 0.15) is 0 Å². The zero-order valence-electron chi connectivity index (χ0n) is 11.3. The Balaban J connectivity index is 1.91. The molecule has 1 atom stereocenters. The Bertz CT molecular complexity index is 414. The van der Waals surface area contributed by atoms with Crippen molar-refractivity contribution in [2.24, 2.45) is 0 Å². The van der Waals surface area contributed by atoms with Crippen LogP contribution in [-0.4, -0.2) is 41.8 Å². The highest BCUT2D eigenvalue weighted by Gasteiger charge is 2.19. The summed E-state index contributed by atoms with van der Waals surface area (Å²) >= 11 is 0. The van der Waals surface area contributed by atoms with Gasteiger partial charge in [0.2, 0.25) is 0 Å². The van der Waals surface area contributed by atoms with Crippen molar-refractivity contribution in [1.29, 1.82) is 0 Å². The minimum atomic E-state index is -0.874. The third-order valence-corrected chi connectivity index (χ3v) is 3.47. The number of hydrogen-bond acceptors (Lipinski definition) is 3. The van der Waals surface area contributed by atoms with Gasteiger partial charge in [0.25, 0.3) is 0 Å². The Kier molecular flexibility index (Phi) is 4.93. The molecule has 1 saturated heterocycles. The van der Waals surface area contributed by atoms with Crippen LogP contribution in [0.4, 0.5) is 0 Å². The lowest BCUT2D eigenvalue weighted by Crippen LogP contribution is -2.39. The van der Waals surface area contributed by atoms with E-state index in [4.69, 9.17) is 9.84 Å². The minimum absolute atomic E-state index is 0.342. The van der Waals surface area contributed by atoms with Gasteiger partial charge in [0, 0.05) is 19.7 Å². The minimum Gasteiger partial charge on any atom is -0.478 e. The molecule has 0 aliphatic carbocycles. The fraction of sp³-hybridized carbons (Fsp3) is 0.533. The van der Waals surface area contributed by atoms with E-state index >= 15 is 0 Å². The van der Waals surface area contributed by atoms with E-state index in [2.05, 4.69) is 4.90 Å². The van der Waals surface area contributed by atoms with Gasteiger partial charge in [-0.25, -0.2) is 4.79 Å². The molecule has 4 nitrogen and oxygen atoms in total. The van der Waals surface area contributed by atoms with Gasteiger partial charge in [0.05, 0.1) is 11.7 Å². The lowest BCUT2D eigenvalue weighted by atomic mass is 10.1. The third-order valence-electron chi connectivity index (χ3n) is 3.47. The summed E-state index contributed by atoms with van der Waals surface area (Å²) in [5, 5.41) is 8.86. The van der Waals surface area contributed by atoms with Crippen molar-refractivity contribution in [3.05, 3.63) is 35.4 Å². The SMILES string of the molecule is CCOC1CCCN(Cc2ccc(C(=O)O)cc2)C1. The summed E-state index contributed by atoms with van der Waals surface area (Å²) in [6.07, 6.45) is 2.65. The number of carbonyl (C=O) groups is 1. The Hall–Kier alpha value is -1.39. The first kappa shape index (κ1) is 14.0. The molecule has 0 spiro atoms. The fourth-order valence-corrected chi connectivity index (χ4v) is 2.54. The number of carboxylic acid groups (broad SMARTS) is 1. The average molecular weight is 263 g/mol. The van der Waals surface area contributed by atoms with Crippen LogP contribution >= 0.6 is 0 Å². The van der Waals surface area contributed by atoms with Crippen LogP contribution in [0.3, 0.4) is 0 Å². The molecular formula is C15H21NO3. The molecule has 1 N–H and O–H groups in total. The molecule has 1 aromatic rings. The van der Waals surface area contributed by atoms with Crippen molar-refractivity contribution in [3.8, 4) is 0 Å². The Morgan fingerprint density at radius 3 is 2.79 bits per heavy atom. The standard InChI is InChI=1S/C15H21NO3/c1-2-19-14-4-3-9-16(11-14)10-12-5-7-13(8-6-12)15(17)18/h5-8,14H,2-4,9-11H2,1H3,(H,17,18). The van der Waals surface area contributed by atoms with Crippen molar-refractivity contribution in [2.75, 3.05) is 19.7 Å². The van der Waals surface area contributed by atoms with Gasteiger partial charge in [0.15, 0.2) is 0 Å². The molecule has 1 fully saturated rings. The molecule has 1 aliphatic heterocycles. The number of benzene rings is 1. The van der Waals surface area contributed by atoms with Crippen molar-refractivity contribution >= 4 is 5.97 Å². The number of hydrogen-bond donors (Lipinski definition) is 1. The van der Waals surface area contributed by atoms with Gasteiger partial charge >= 0.3 is 5.97 Å². The molecule has 0 radical (unpaired) electrons. The largest absolute Gasteiger partial charge is 0.478 e. The zero-order valence-corrected chi connectivity index (χ0v) is 11.3. The Morgan fingerprint density at radius 1 is 1.42 bits per heavy atom. The predicted octanol–water partition coefficient (Wildman–Crippen LogP) is 2.39. The van der Waals surface area contributed by atoms with E-state index in [1.807, 2.05) is 19.1 Å². The first-order valence-corrected chi connectivity index (χ1v) is 6.85. The van der Waals surface area contributed by atoms with Crippen LogP contribution < -0.4 is 0 Å². The van der Waals surface area contributed by atoms with Gasteiger partial charge in [-0.3, -0.25) is 4.90 Å². The van der Waals surface area contributed by atoms with Gasteiger partial charge in [-0.15, -0.1) is 0 Å². The van der Waals surface area contributed by atoms with E-state index in [0.29, 0.717) is 11.7 Å².